The van der Waals surface area contributed by atoms with Crippen LogP contribution in [0.3, 0.4) is 0 Å². The van der Waals surface area contributed by atoms with Crippen molar-refractivity contribution < 1.29 is 19.5 Å². The van der Waals surface area contributed by atoms with Gasteiger partial charge in [-0.3, -0.25) is 14.4 Å². The van der Waals surface area contributed by atoms with Gasteiger partial charge in [0, 0.05) is 31.7 Å². The zero-order chi connectivity index (χ0) is 17.7. The van der Waals surface area contributed by atoms with Gasteiger partial charge in [0.1, 0.15) is 12.2 Å². The minimum absolute atomic E-state index is 0.119. The zero-order valence-corrected chi connectivity index (χ0v) is 14.1. The molecule has 2 rings (SSSR count). The van der Waals surface area contributed by atoms with E-state index in [2.05, 4.69) is 4.98 Å². The SMILES string of the molecule is CC(=O)N(CC(=O)O)C1CCCN(C(=O)c2cccc(C)n2)CC1. The fraction of sp³-hybridized carbons (Fsp3) is 0.529. The Morgan fingerprint density at radius 2 is 2.04 bits per heavy atom. The summed E-state index contributed by atoms with van der Waals surface area (Å²) in [4.78, 5) is 42.7. The van der Waals surface area contributed by atoms with E-state index in [0.717, 1.165) is 12.1 Å². The third-order valence-electron chi connectivity index (χ3n) is 4.24. The Morgan fingerprint density at radius 1 is 1.29 bits per heavy atom. The number of aromatic nitrogens is 1. The first-order valence-electron chi connectivity index (χ1n) is 8.10. The molecular formula is C17H23N3O4. The molecule has 1 aromatic heterocycles. The summed E-state index contributed by atoms with van der Waals surface area (Å²) >= 11 is 0. The molecule has 130 valence electrons. The van der Waals surface area contributed by atoms with Gasteiger partial charge in [0.05, 0.1) is 0 Å². The van der Waals surface area contributed by atoms with Gasteiger partial charge >= 0.3 is 5.97 Å². The van der Waals surface area contributed by atoms with Gasteiger partial charge in [0.25, 0.3) is 5.91 Å². The fourth-order valence-corrected chi connectivity index (χ4v) is 3.06. The second kappa shape index (κ2) is 7.90. The predicted molar refractivity (Wildman–Crippen MR) is 87.5 cm³/mol. The number of aryl methyl sites for hydroxylation is 1. The molecule has 0 bridgehead atoms. The number of aliphatic carboxylic acids is 1. The Morgan fingerprint density at radius 3 is 2.67 bits per heavy atom. The summed E-state index contributed by atoms with van der Waals surface area (Å²) in [5, 5.41) is 8.98. The van der Waals surface area contributed by atoms with E-state index in [1.807, 2.05) is 13.0 Å². The molecule has 1 aliphatic heterocycles. The summed E-state index contributed by atoms with van der Waals surface area (Å²) in [5.41, 5.74) is 1.21. The van der Waals surface area contributed by atoms with Crippen LogP contribution in [0.5, 0.6) is 0 Å². The molecule has 1 unspecified atom stereocenters. The number of likely N-dealkylation sites (tertiary alicyclic amines) is 1. The van der Waals surface area contributed by atoms with E-state index in [1.165, 1.54) is 11.8 Å². The summed E-state index contributed by atoms with van der Waals surface area (Å²) in [7, 11) is 0. The van der Waals surface area contributed by atoms with Crippen molar-refractivity contribution in [1.82, 2.24) is 14.8 Å². The maximum absolute atomic E-state index is 12.6. The largest absolute Gasteiger partial charge is 0.480 e. The van der Waals surface area contributed by atoms with Gasteiger partial charge in [-0.15, -0.1) is 0 Å². The smallest absolute Gasteiger partial charge is 0.323 e. The molecule has 0 saturated carbocycles. The maximum atomic E-state index is 12.6. The first-order valence-corrected chi connectivity index (χ1v) is 8.10. The third-order valence-corrected chi connectivity index (χ3v) is 4.24. The van der Waals surface area contributed by atoms with Crippen LogP contribution in [0.2, 0.25) is 0 Å². The third kappa shape index (κ3) is 4.53. The summed E-state index contributed by atoms with van der Waals surface area (Å²) in [6, 6.07) is 5.19. The second-order valence-electron chi connectivity index (χ2n) is 6.08. The summed E-state index contributed by atoms with van der Waals surface area (Å²) in [5.74, 6) is -1.39. The molecule has 1 fully saturated rings. The van der Waals surface area contributed by atoms with Gasteiger partial charge in [-0.25, -0.2) is 4.98 Å². The van der Waals surface area contributed by atoms with Gasteiger partial charge < -0.3 is 14.9 Å². The van der Waals surface area contributed by atoms with Crippen LogP contribution in [-0.2, 0) is 9.59 Å². The quantitative estimate of drug-likeness (QED) is 0.897. The number of carbonyl (C=O) groups excluding carboxylic acids is 2. The van der Waals surface area contributed by atoms with Gasteiger partial charge in [0.2, 0.25) is 5.91 Å². The number of pyridine rings is 1. The number of carboxylic acid groups (broad SMARTS) is 1. The summed E-state index contributed by atoms with van der Waals surface area (Å²) < 4.78 is 0. The molecule has 1 saturated heterocycles. The Balaban J connectivity index is 2.05. The van der Waals surface area contributed by atoms with Gasteiger partial charge in [0.15, 0.2) is 0 Å². The van der Waals surface area contributed by atoms with Crippen LogP contribution < -0.4 is 0 Å². The molecule has 1 N–H and O–H groups in total. The zero-order valence-electron chi connectivity index (χ0n) is 14.1. The van der Waals surface area contributed by atoms with Crippen molar-refractivity contribution in [2.75, 3.05) is 19.6 Å². The number of carbonyl (C=O) groups is 3. The highest BCUT2D eigenvalue weighted by Gasteiger charge is 2.28. The second-order valence-corrected chi connectivity index (χ2v) is 6.08. The fourth-order valence-electron chi connectivity index (χ4n) is 3.06. The predicted octanol–water partition coefficient (Wildman–Crippen LogP) is 1.32. The number of carboxylic acids is 1. The standard InChI is InChI=1S/C17H23N3O4/c1-12-5-3-7-15(18-12)17(24)19-9-4-6-14(8-10-19)20(13(2)21)11-16(22)23/h3,5,7,14H,4,6,8-11H2,1-2H3,(H,22,23). The van der Waals surface area contributed by atoms with E-state index in [9.17, 15) is 14.4 Å². The number of amides is 2. The maximum Gasteiger partial charge on any atom is 0.323 e. The van der Waals surface area contributed by atoms with Crippen molar-refractivity contribution in [3.05, 3.63) is 29.6 Å². The summed E-state index contributed by atoms with van der Waals surface area (Å²) in [6.45, 7) is 4.00. The molecule has 0 aliphatic carbocycles. The molecule has 1 aromatic rings. The van der Waals surface area contributed by atoms with Crippen molar-refractivity contribution in [1.29, 1.82) is 0 Å². The minimum Gasteiger partial charge on any atom is -0.480 e. The van der Waals surface area contributed by atoms with Crippen molar-refractivity contribution in [3.8, 4) is 0 Å². The molecular weight excluding hydrogens is 310 g/mol. The van der Waals surface area contributed by atoms with E-state index < -0.39 is 5.97 Å². The number of nitrogens with zero attached hydrogens (tertiary/aromatic N) is 3. The normalized spacial score (nSPS) is 17.9. The first kappa shape index (κ1) is 17.9. The van der Waals surface area contributed by atoms with Crippen molar-refractivity contribution >= 4 is 17.8 Å². The molecule has 2 heterocycles. The van der Waals surface area contributed by atoms with E-state index in [1.54, 1.807) is 17.0 Å². The first-order chi connectivity index (χ1) is 11.4. The molecule has 24 heavy (non-hydrogen) atoms. The average Bonchev–Trinajstić information content (AvgIpc) is 2.77. The van der Waals surface area contributed by atoms with E-state index in [4.69, 9.17) is 5.11 Å². The van der Waals surface area contributed by atoms with Crippen LogP contribution in [0.25, 0.3) is 0 Å². The van der Waals surface area contributed by atoms with Gasteiger partial charge in [-0.05, 0) is 38.3 Å². The van der Waals surface area contributed by atoms with Gasteiger partial charge in [-0.2, -0.15) is 0 Å². The monoisotopic (exact) mass is 333 g/mol. The minimum atomic E-state index is -1.02. The van der Waals surface area contributed by atoms with Crippen LogP contribution >= 0.6 is 0 Å². The molecule has 2 amide bonds. The van der Waals surface area contributed by atoms with Crippen LogP contribution in [-0.4, -0.2) is 63.4 Å². The molecule has 1 atom stereocenters. The van der Waals surface area contributed by atoms with Crippen molar-refractivity contribution in [2.45, 2.75) is 39.2 Å². The van der Waals surface area contributed by atoms with E-state index in [-0.39, 0.29) is 24.4 Å². The highest BCUT2D eigenvalue weighted by Crippen LogP contribution is 2.18. The number of hydrogen-bond acceptors (Lipinski definition) is 4. The molecule has 7 heteroatoms. The highest BCUT2D eigenvalue weighted by atomic mass is 16.4. The molecule has 0 radical (unpaired) electrons. The molecule has 1 aliphatic rings. The highest BCUT2D eigenvalue weighted by molar-refractivity contribution is 5.92. The molecule has 7 nitrogen and oxygen atoms in total. The van der Waals surface area contributed by atoms with E-state index in [0.29, 0.717) is 31.6 Å². The lowest BCUT2D eigenvalue weighted by Gasteiger charge is -2.28. The van der Waals surface area contributed by atoms with Crippen molar-refractivity contribution in [3.63, 3.8) is 0 Å². The lowest BCUT2D eigenvalue weighted by Crippen LogP contribution is -2.43. The number of rotatable bonds is 4. The van der Waals surface area contributed by atoms with Crippen LogP contribution in [0.4, 0.5) is 0 Å². The molecule has 0 aromatic carbocycles. The Hall–Kier alpha value is -2.44. The number of hydrogen-bond donors (Lipinski definition) is 1. The van der Waals surface area contributed by atoms with Crippen molar-refractivity contribution in [2.24, 2.45) is 0 Å². The van der Waals surface area contributed by atoms with Crippen LogP contribution in [0.1, 0.15) is 42.4 Å². The van der Waals surface area contributed by atoms with Crippen LogP contribution in [0.15, 0.2) is 18.2 Å². The Labute approximate surface area is 141 Å². The Kier molecular flexibility index (Phi) is 5.89. The average molecular weight is 333 g/mol. The topological polar surface area (TPSA) is 90.8 Å². The summed E-state index contributed by atoms with van der Waals surface area (Å²) in [6.07, 6.45) is 1.99. The lowest BCUT2D eigenvalue weighted by atomic mass is 10.1. The lowest BCUT2D eigenvalue weighted by molar-refractivity contribution is -0.145. The molecule has 0 spiro atoms. The van der Waals surface area contributed by atoms with E-state index >= 15 is 0 Å². The van der Waals surface area contributed by atoms with Gasteiger partial charge in [-0.1, -0.05) is 6.07 Å². The van der Waals surface area contributed by atoms with Crippen LogP contribution in [0, 0.1) is 6.92 Å². The Bertz CT molecular complexity index is 632.